The van der Waals surface area contributed by atoms with E-state index < -0.39 is 12.2 Å². The van der Waals surface area contributed by atoms with Crippen LogP contribution in [0.5, 0.6) is 0 Å². The van der Waals surface area contributed by atoms with Crippen LogP contribution in [0.2, 0.25) is 0 Å². The summed E-state index contributed by atoms with van der Waals surface area (Å²) in [6, 6.07) is -1.68. The zero-order valence-corrected chi connectivity index (χ0v) is 5.55. The van der Waals surface area contributed by atoms with E-state index in [9.17, 15) is 13.2 Å². The van der Waals surface area contributed by atoms with E-state index in [1.807, 2.05) is 0 Å². The summed E-state index contributed by atoms with van der Waals surface area (Å²) in [5, 5.41) is 0. The molecule has 1 nitrogen and oxygen atoms in total. The Kier molecular flexibility index (Phi) is 2.12. The zero-order chi connectivity index (χ0) is 8.32. The van der Waals surface area contributed by atoms with E-state index in [1.54, 1.807) is 0 Å². The fourth-order valence-corrected chi connectivity index (χ4v) is 0.669. The van der Waals surface area contributed by atoms with Gasteiger partial charge in [0.15, 0.2) is 6.04 Å². The van der Waals surface area contributed by atoms with Crippen molar-refractivity contribution in [2.45, 2.75) is 12.2 Å². The van der Waals surface area contributed by atoms with Gasteiger partial charge in [0.05, 0.1) is 0 Å². The number of aliphatic imine (C=N–C) groups is 1. The lowest BCUT2D eigenvalue weighted by molar-refractivity contribution is -0.136. The van der Waals surface area contributed by atoms with Gasteiger partial charge < -0.3 is 0 Å². The lowest BCUT2D eigenvalue weighted by Crippen LogP contribution is -2.24. The molecule has 0 saturated carbocycles. The maximum Gasteiger partial charge on any atom is 0.414 e. The van der Waals surface area contributed by atoms with Gasteiger partial charge in [-0.2, -0.15) is 13.2 Å². The number of hydrogen-bond acceptors (Lipinski definition) is 1. The number of alkyl halides is 3. The molecule has 0 radical (unpaired) electrons. The molecule has 0 aromatic carbocycles. The minimum atomic E-state index is -4.26. The molecular weight excluding hydrogens is 155 g/mol. The zero-order valence-electron chi connectivity index (χ0n) is 5.55. The van der Waals surface area contributed by atoms with Crippen LogP contribution in [0.1, 0.15) is 0 Å². The van der Waals surface area contributed by atoms with Gasteiger partial charge in [0, 0.05) is 6.21 Å². The summed E-state index contributed by atoms with van der Waals surface area (Å²) in [6.45, 7) is 0. The van der Waals surface area contributed by atoms with E-state index in [-0.39, 0.29) is 0 Å². The first kappa shape index (κ1) is 8.04. The van der Waals surface area contributed by atoms with E-state index in [4.69, 9.17) is 0 Å². The van der Waals surface area contributed by atoms with Crippen LogP contribution in [-0.4, -0.2) is 18.4 Å². The largest absolute Gasteiger partial charge is 0.414 e. The molecule has 0 aromatic rings. The van der Waals surface area contributed by atoms with E-state index in [0.29, 0.717) is 0 Å². The highest BCUT2D eigenvalue weighted by molar-refractivity contribution is 5.72. The molecule has 1 aliphatic heterocycles. The second kappa shape index (κ2) is 2.90. The summed E-state index contributed by atoms with van der Waals surface area (Å²) in [6.07, 6.45) is 2.21. The quantitative estimate of drug-likeness (QED) is 0.516. The Morgan fingerprint density at radius 1 is 1.09 bits per heavy atom. The standard InChI is InChI=1S/C7H6F3N/c8-7(9,10)6-4-2-1-3-5-11-6/h1-6H. The van der Waals surface area contributed by atoms with Crippen molar-refractivity contribution in [3.05, 3.63) is 24.3 Å². The molecule has 0 aliphatic carbocycles. The van der Waals surface area contributed by atoms with E-state index in [1.165, 1.54) is 18.2 Å². The van der Waals surface area contributed by atoms with Crippen molar-refractivity contribution >= 4 is 6.21 Å². The van der Waals surface area contributed by atoms with E-state index in [2.05, 4.69) is 4.99 Å². The number of rotatable bonds is 0. The van der Waals surface area contributed by atoms with Crippen LogP contribution in [-0.2, 0) is 0 Å². The normalized spacial score (nSPS) is 23.7. The Morgan fingerprint density at radius 2 is 1.82 bits per heavy atom. The van der Waals surface area contributed by atoms with Gasteiger partial charge in [-0.1, -0.05) is 18.2 Å². The number of nitrogens with zero attached hydrogens (tertiary/aromatic N) is 1. The van der Waals surface area contributed by atoms with Crippen LogP contribution >= 0.6 is 0 Å². The lowest BCUT2D eigenvalue weighted by Gasteiger charge is -2.10. The summed E-state index contributed by atoms with van der Waals surface area (Å²) in [4.78, 5) is 3.27. The monoisotopic (exact) mass is 161 g/mol. The van der Waals surface area contributed by atoms with Gasteiger partial charge in [0.1, 0.15) is 0 Å². The number of halogens is 3. The summed E-state index contributed by atoms with van der Waals surface area (Å²) in [5.41, 5.74) is 0. The molecule has 1 atom stereocenters. The summed E-state index contributed by atoms with van der Waals surface area (Å²) < 4.78 is 35.8. The molecule has 1 unspecified atom stereocenters. The fourth-order valence-electron chi connectivity index (χ4n) is 0.669. The highest BCUT2D eigenvalue weighted by Gasteiger charge is 2.37. The van der Waals surface area contributed by atoms with Crippen molar-refractivity contribution in [1.82, 2.24) is 0 Å². The Bertz CT molecular complexity index is 196. The molecule has 1 aliphatic rings. The maximum atomic E-state index is 11.9. The first-order valence-corrected chi connectivity index (χ1v) is 3.04. The molecule has 0 N–H and O–H groups in total. The van der Waals surface area contributed by atoms with Crippen LogP contribution in [0.15, 0.2) is 29.3 Å². The molecule has 11 heavy (non-hydrogen) atoms. The van der Waals surface area contributed by atoms with Crippen LogP contribution in [0.25, 0.3) is 0 Å². The van der Waals surface area contributed by atoms with Gasteiger partial charge in [0.25, 0.3) is 0 Å². The van der Waals surface area contributed by atoms with Gasteiger partial charge in [-0.25, -0.2) is 0 Å². The number of allylic oxidation sites excluding steroid dienone is 3. The molecule has 60 valence electrons. The van der Waals surface area contributed by atoms with Crippen molar-refractivity contribution in [2.75, 3.05) is 0 Å². The fraction of sp³-hybridized carbons (Fsp3) is 0.286. The topological polar surface area (TPSA) is 12.4 Å². The highest BCUT2D eigenvalue weighted by atomic mass is 19.4. The van der Waals surface area contributed by atoms with Gasteiger partial charge >= 0.3 is 6.18 Å². The van der Waals surface area contributed by atoms with Crippen molar-refractivity contribution < 1.29 is 13.2 Å². The lowest BCUT2D eigenvalue weighted by atomic mass is 10.3. The summed E-state index contributed by atoms with van der Waals surface area (Å²) in [7, 11) is 0. The molecule has 0 aromatic heterocycles. The molecule has 0 spiro atoms. The Hall–Kier alpha value is -1.06. The predicted molar refractivity (Wildman–Crippen MR) is 36.6 cm³/mol. The SMILES string of the molecule is FC(F)(F)C1C=CC=CC=N1. The third kappa shape index (κ3) is 2.22. The average Bonchev–Trinajstić information content (AvgIpc) is 2.10. The maximum absolute atomic E-state index is 11.9. The molecule has 4 heteroatoms. The van der Waals surface area contributed by atoms with Gasteiger partial charge in [-0.05, 0) is 6.08 Å². The molecule has 1 rings (SSSR count). The first-order valence-electron chi connectivity index (χ1n) is 3.04. The third-order valence-corrected chi connectivity index (χ3v) is 1.18. The Balaban J connectivity index is 2.75. The molecule has 0 bridgehead atoms. The average molecular weight is 161 g/mol. The molecule has 0 amide bonds. The molecule has 1 heterocycles. The van der Waals surface area contributed by atoms with Gasteiger partial charge in [-0.15, -0.1) is 0 Å². The minimum absolute atomic E-state index is 1.01. The number of hydrogen-bond donors (Lipinski definition) is 0. The van der Waals surface area contributed by atoms with Gasteiger partial charge in [0.2, 0.25) is 0 Å². The van der Waals surface area contributed by atoms with Crippen LogP contribution in [0, 0.1) is 0 Å². The third-order valence-electron chi connectivity index (χ3n) is 1.18. The van der Waals surface area contributed by atoms with E-state index in [0.717, 1.165) is 12.3 Å². The van der Waals surface area contributed by atoms with Crippen molar-refractivity contribution in [1.29, 1.82) is 0 Å². The van der Waals surface area contributed by atoms with Crippen molar-refractivity contribution in [3.8, 4) is 0 Å². The summed E-state index contributed by atoms with van der Waals surface area (Å²) >= 11 is 0. The van der Waals surface area contributed by atoms with Crippen LogP contribution in [0.4, 0.5) is 13.2 Å². The molecule has 0 fully saturated rings. The van der Waals surface area contributed by atoms with Gasteiger partial charge in [-0.3, -0.25) is 4.99 Å². The van der Waals surface area contributed by atoms with Crippen LogP contribution in [0.3, 0.4) is 0 Å². The van der Waals surface area contributed by atoms with Crippen molar-refractivity contribution in [2.24, 2.45) is 4.99 Å². The molecule has 0 saturated heterocycles. The Morgan fingerprint density at radius 3 is 2.45 bits per heavy atom. The van der Waals surface area contributed by atoms with Crippen LogP contribution < -0.4 is 0 Å². The predicted octanol–water partition coefficient (Wildman–Crippen LogP) is 2.11. The second-order valence-corrected chi connectivity index (χ2v) is 2.05. The Labute approximate surface area is 61.9 Å². The first-order chi connectivity index (χ1) is 5.11. The summed E-state index contributed by atoms with van der Waals surface area (Å²) in [5.74, 6) is 0. The van der Waals surface area contributed by atoms with E-state index >= 15 is 0 Å². The van der Waals surface area contributed by atoms with Crippen molar-refractivity contribution in [3.63, 3.8) is 0 Å². The minimum Gasteiger partial charge on any atom is -0.276 e. The molecular formula is C7H6F3N. The highest BCUT2D eigenvalue weighted by Crippen LogP contribution is 2.24. The second-order valence-electron chi connectivity index (χ2n) is 2.05. The smallest absolute Gasteiger partial charge is 0.276 e.